The van der Waals surface area contributed by atoms with Gasteiger partial charge in [-0.15, -0.1) is 0 Å². The molecule has 0 aromatic heterocycles. The molecule has 1 aliphatic rings. The van der Waals surface area contributed by atoms with Gasteiger partial charge in [0.1, 0.15) is 19.5 Å². The molecule has 2 unspecified atom stereocenters. The number of methoxy groups -OCH3 is 1. The highest BCUT2D eigenvalue weighted by molar-refractivity contribution is 5.81. The number of ether oxygens (including phenoxy) is 5. The lowest BCUT2D eigenvalue weighted by Gasteiger charge is -2.36. The van der Waals surface area contributed by atoms with Crippen molar-refractivity contribution >= 4 is 23.9 Å². The van der Waals surface area contributed by atoms with E-state index in [9.17, 15) is 24.5 Å². The Morgan fingerprint density at radius 1 is 1.42 bits per heavy atom. The first-order valence-electron chi connectivity index (χ1n) is 7.25. The Balaban J connectivity index is 2.27. The van der Waals surface area contributed by atoms with E-state index in [1.165, 1.54) is 12.1 Å². The molecule has 1 aliphatic heterocycles. The SMILES string of the molecule is COC(=O)C1(OC(C)=O)COCC(Oc2ccc(C=O)cc2[N+](=O)[O-])O1. The number of nitro groups is 1. The first kappa shape index (κ1) is 19.3. The molecule has 1 saturated heterocycles. The van der Waals surface area contributed by atoms with Crippen LogP contribution in [0.25, 0.3) is 0 Å². The van der Waals surface area contributed by atoms with Crippen molar-refractivity contribution in [3.63, 3.8) is 0 Å². The Kier molecular flexibility index (Phi) is 5.85. The lowest BCUT2D eigenvalue weighted by Crippen LogP contribution is -2.57. The minimum absolute atomic E-state index is 0.0775. The first-order chi connectivity index (χ1) is 12.3. The molecule has 11 heteroatoms. The molecule has 0 N–H and O–H groups in total. The van der Waals surface area contributed by atoms with Crippen LogP contribution in [0.1, 0.15) is 17.3 Å². The minimum atomic E-state index is -2.19. The molecule has 0 aliphatic carbocycles. The first-order valence-corrected chi connectivity index (χ1v) is 7.25. The Labute approximate surface area is 146 Å². The van der Waals surface area contributed by atoms with Crippen molar-refractivity contribution in [3.05, 3.63) is 33.9 Å². The van der Waals surface area contributed by atoms with Gasteiger partial charge in [0.25, 0.3) is 0 Å². The molecule has 0 saturated carbocycles. The molecule has 2 rings (SSSR count). The van der Waals surface area contributed by atoms with Crippen LogP contribution < -0.4 is 4.74 Å². The topological polar surface area (TPSA) is 140 Å². The lowest BCUT2D eigenvalue weighted by molar-refractivity contribution is -0.387. The Morgan fingerprint density at radius 3 is 2.73 bits per heavy atom. The Bertz CT molecular complexity index is 733. The number of carbonyl (C=O) groups excluding carboxylic acids is 3. The van der Waals surface area contributed by atoms with Gasteiger partial charge in [-0.25, -0.2) is 4.79 Å². The minimum Gasteiger partial charge on any atom is -0.464 e. The molecule has 1 fully saturated rings. The van der Waals surface area contributed by atoms with Crippen molar-refractivity contribution < 1.29 is 43.0 Å². The van der Waals surface area contributed by atoms with Gasteiger partial charge in [-0.1, -0.05) is 0 Å². The average Bonchev–Trinajstić information content (AvgIpc) is 2.60. The van der Waals surface area contributed by atoms with Gasteiger partial charge in [-0.2, -0.15) is 0 Å². The summed E-state index contributed by atoms with van der Waals surface area (Å²) < 4.78 is 25.4. The molecule has 1 aromatic rings. The monoisotopic (exact) mass is 369 g/mol. The van der Waals surface area contributed by atoms with Crippen LogP contribution in [0.5, 0.6) is 5.75 Å². The van der Waals surface area contributed by atoms with Crippen molar-refractivity contribution in [1.29, 1.82) is 0 Å². The highest BCUT2D eigenvalue weighted by Crippen LogP contribution is 2.31. The summed E-state index contributed by atoms with van der Waals surface area (Å²) in [5.41, 5.74) is -0.409. The van der Waals surface area contributed by atoms with E-state index in [4.69, 9.17) is 18.9 Å². The fourth-order valence-electron chi connectivity index (χ4n) is 2.21. The summed E-state index contributed by atoms with van der Waals surface area (Å²) in [6.45, 7) is 0.416. The molecule has 0 amide bonds. The van der Waals surface area contributed by atoms with Crippen molar-refractivity contribution in [2.24, 2.45) is 0 Å². The summed E-state index contributed by atoms with van der Waals surface area (Å²) in [6, 6.07) is 3.52. The van der Waals surface area contributed by atoms with Gasteiger partial charge in [0.05, 0.1) is 12.0 Å². The second kappa shape index (κ2) is 7.89. The third kappa shape index (κ3) is 4.13. The van der Waals surface area contributed by atoms with Gasteiger partial charge >= 0.3 is 23.4 Å². The smallest absolute Gasteiger partial charge is 0.382 e. The summed E-state index contributed by atoms with van der Waals surface area (Å²) in [5, 5.41) is 11.2. The number of nitro benzene ring substituents is 1. The van der Waals surface area contributed by atoms with Crippen LogP contribution in [0.3, 0.4) is 0 Å². The number of hydrogen-bond acceptors (Lipinski definition) is 10. The molecule has 2 atom stereocenters. The van der Waals surface area contributed by atoms with E-state index in [-0.39, 0.29) is 17.9 Å². The van der Waals surface area contributed by atoms with Gasteiger partial charge in [0.15, 0.2) is 5.75 Å². The highest BCUT2D eigenvalue weighted by atomic mass is 16.8. The summed E-state index contributed by atoms with van der Waals surface area (Å²) in [6.07, 6.45) is -0.872. The van der Waals surface area contributed by atoms with Gasteiger partial charge in [-0.3, -0.25) is 24.4 Å². The summed E-state index contributed by atoms with van der Waals surface area (Å²) >= 11 is 0. The number of benzene rings is 1. The van der Waals surface area contributed by atoms with Crippen LogP contribution in [-0.2, 0) is 28.5 Å². The number of esters is 2. The third-order valence-corrected chi connectivity index (χ3v) is 3.25. The van der Waals surface area contributed by atoms with Crippen molar-refractivity contribution in [1.82, 2.24) is 0 Å². The van der Waals surface area contributed by atoms with E-state index in [0.717, 1.165) is 20.1 Å². The second-order valence-electron chi connectivity index (χ2n) is 5.12. The summed E-state index contributed by atoms with van der Waals surface area (Å²) in [4.78, 5) is 44.4. The van der Waals surface area contributed by atoms with E-state index in [2.05, 4.69) is 4.74 Å². The number of carbonyl (C=O) groups is 3. The summed E-state index contributed by atoms with van der Waals surface area (Å²) in [7, 11) is 1.06. The van der Waals surface area contributed by atoms with Gasteiger partial charge < -0.3 is 18.9 Å². The van der Waals surface area contributed by atoms with Crippen LogP contribution in [-0.4, -0.2) is 55.5 Å². The van der Waals surface area contributed by atoms with E-state index in [1.54, 1.807) is 0 Å². The number of nitrogens with zero attached hydrogens (tertiary/aromatic N) is 1. The number of aldehydes is 1. The van der Waals surface area contributed by atoms with E-state index >= 15 is 0 Å². The highest BCUT2D eigenvalue weighted by Gasteiger charge is 2.51. The zero-order valence-corrected chi connectivity index (χ0v) is 13.8. The molecule has 0 radical (unpaired) electrons. The van der Waals surface area contributed by atoms with Gasteiger partial charge in [0, 0.05) is 18.6 Å². The predicted molar refractivity (Wildman–Crippen MR) is 81.3 cm³/mol. The normalized spacial score (nSPS) is 22.2. The zero-order valence-electron chi connectivity index (χ0n) is 13.8. The average molecular weight is 369 g/mol. The van der Waals surface area contributed by atoms with Crippen LogP contribution in [0.15, 0.2) is 18.2 Å². The maximum Gasteiger partial charge on any atom is 0.382 e. The maximum absolute atomic E-state index is 12.0. The third-order valence-electron chi connectivity index (χ3n) is 3.25. The maximum atomic E-state index is 12.0. The number of hydrogen-bond donors (Lipinski definition) is 0. The van der Waals surface area contributed by atoms with Crippen LogP contribution in [0.2, 0.25) is 0 Å². The van der Waals surface area contributed by atoms with Crippen LogP contribution >= 0.6 is 0 Å². The fourth-order valence-corrected chi connectivity index (χ4v) is 2.21. The molecular weight excluding hydrogens is 354 g/mol. The lowest BCUT2D eigenvalue weighted by atomic mass is 10.2. The molecule has 0 spiro atoms. The van der Waals surface area contributed by atoms with E-state index in [1.807, 2.05) is 0 Å². The van der Waals surface area contributed by atoms with Crippen molar-refractivity contribution in [2.75, 3.05) is 20.3 Å². The van der Waals surface area contributed by atoms with Crippen LogP contribution in [0, 0.1) is 10.1 Å². The quantitative estimate of drug-likeness (QED) is 0.303. The molecule has 0 bridgehead atoms. The zero-order chi connectivity index (χ0) is 19.3. The molecule has 11 nitrogen and oxygen atoms in total. The Hall–Kier alpha value is -3.05. The Morgan fingerprint density at radius 2 is 2.15 bits per heavy atom. The standard InChI is InChI=1S/C15H15NO10/c1-9(18)25-15(14(19)22-2)8-23-7-13(26-15)24-12-4-3-10(6-17)5-11(12)16(20)21/h3-6,13H,7-8H2,1-2H3. The second-order valence-corrected chi connectivity index (χ2v) is 5.12. The fraction of sp³-hybridized carbons (Fsp3) is 0.400. The molecule has 1 heterocycles. The summed E-state index contributed by atoms with van der Waals surface area (Å²) in [5.74, 6) is -4.29. The number of rotatable bonds is 6. The van der Waals surface area contributed by atoms with Crippen molar-refractivity contribution in [3.8, 4) is 5.75 Å². The largest absolute Gasteiger partial charge is 0.464 e. The van der Waals surface area contributed by atoms with E-state index < -0.39 is 41.2 Å². The molecular formula is C15H15NO10. The van der Waals surface area contributed by atoms with E-state index in [0.29, 0.717) is 6.29 Å². The van der Waals surface area contributed by atoms with Gasteiger partial charge in [0.2, 0.25) is 6.29 Å². The molecule has 1 aromatic carbocycles. The van der Waals surface area contributed by atoms with Gasteiger partial charge in [-0.05, 0) is 12.1 Å². The predicted octanol–water partition coefficient (Wildman–Crippen LogP) is 0.591. The van der Waals surface area contributed by atoms with Crippen molar-refractivity contribution in [2.45, 2.75) is 19.0 Å². The molecule has 26 heavy (non-hydrogen) atoms. The molecule has 140 valence electrons. The van der Waals surface area contributed by atoms with Crippen LogP contribution in [0.4, 0.5) is 5.69 Å².